The Morgan fingerprint density at radius 3 is 2.49 bits per heavy atom. The Kier molecular flexibility index (Phi) is 6.91. The highest BCUT2D eigenvalue weighted by Gasteiger charge is 2.81. The summed E-state index contributed by atoms with van der Waals surface area (Å²) in [6.45, 7) is 13.0. The summed E-state index contributed by atoms with van der Waals surface area (Å²) in [4.78, 5) is 11.2. The zero-order valence-electron chi connectivity index (χ0n) is 24.3. The van der Waals surface area contributed by atoms with Crippen LogP contribution in [0.25, 0.3) is 0 Å². The van der Waals surface area contributed by atoms with E-state index < -0.39 is 28.5 Å². The molecule has 5 fully saturated rings. The van der Waals surface area contributed by atoms with Crippen LogP contribution in [0.4, 0.5) is 0 Å². The van der Waals surface area contributed by atoms with Crippen LogP contribution >= 0.6 is 0 Å². The van der Waals surface area contributed by atoms with Gasteiger partial charge in [0.15, 0.2) is 5.79 Å². The highest BCUT2D eigenvalue weighted by molar-refractivity contribution is 5.65. The number of carbonyl (C=O) groups is 1. The fourth-order valence-electron chi connectivity index (χ4n) is 10.5. The van der Waals surface area contributed by atoms with E-state index in [1.54, 1.807) is 7.11 Å². The lowest BCUT2D eigenvalue weighted by Crippen LogP contribution is -2.67. The third-order valence-corrected chi connectivity index (χ3v) is 12.9. The van der Waals surface area contributed by atoms with Crippen molar-refractivity contribution in [1.82, 2.24) is 0 Å². The van der Waals surface area contributed by atoms with Crippen molar-refractivity contribution in [3.05, 3.63) is 0 Å². The van der Waals surface area contributed by atoms with Crippen LogP contribution in [0.3, 0.4) is 0 Å². The summed E-state index contributed by atoms with van der Waals surface area (Å²) in [5, 5.41) is 25.3. The van der Waals surface area contributed by atoms with Crippen LogP contribution in [0.2, 0.25) is 0 Å². The quantitative estimate of drug-likeness (QED) is 0.451. The predicted molar refractivity (Wildman–Crippen MR) is 141 cm³/mol. The third kappa shape index (κ3) is 3.74. The van der Waals surface area contributed by atoms with E-state index in [1.807, 2.05) is 0 Å². The molecule has 0 radical (unpaired) electrons. The second-order valence-electron chi connectivity index (χ2n) is 14.5. The Morgan fingerprint density at radius 1 is 1.08 bits per heavy atom. The van der Waals surface area contributed by atoms with Crippen molar-refractivity contribution in [2.24, 2.45) is 46.3 Å². The highest BCUT2D eigenvalue weighted by Crippen LogP contribution is 2.74. The molecular formula is C31H52O6. The van der Waals surface area contributed by atoms with Crippen molar-refractivity contribution in [3.63, 3.8) is 0 Å². The lowest BCUT2D eigenvalue weighted by molar-refractivity contribution is -0.269. The summed E-state index contributed by atoms with van der Waals surface area (Å²) in [6.07, 6.45) is 9.46. The van der Waals surface area contributed by atoms with Crippen molar-refractivity contribution >= 4 is 5.97 Å². The smallest absolute Gasteiger partial charge is 0.302 e. The molecule has 0 spiro atoms. The minimum atomic E-state index is -1.15. The van der Waals surface area contributed by atoms with Crippen LogP contribution in [-0.4, -0.2) is 53.0 Å². The van der Waals surface area contributed by atoms with Crippen LogP contribution in [0.5, 0.6) is 0 Å². The zero-order chi connectivity index (χ0) is 27.0. The van der Waals surface area contributed by atoms with E-state index in [0.29, 0.717) is 30.8 Å². The molecule has 12 atom stereocenters. The second kappa shape index (κ2) is 9.17. The van der Waals surface area contributed by atoms with Gasteiger partial charge in [0.1, 0.15) is 5.60 Å². The first-order valence-electron chi connectivity index (χ1n) is 15.1. The number of carbonyl (C=O) groups excluding carboxylic acids is 1. The van der Waals surface area contributed by atoms with Gasteiger partial charge in [-0.3, -0.25) is 4.79 Å². The van der Waals surface area contributed by atoms with E-state index in [4.69, 9.17) is 14.2 Å². The predicted octanol–water partition coefficient (Wildman–Crippen LogP) is 5.48. The highest BCUT2D eigenvalue weighted by atomic mass is 16.7. The monoisotopic (exact) mass is 520 g/mol. The first kappa shape index (κ1) is 27.9. The molecule has 37 heavy (non-hydrogen) atoms. The molecule has 0 bridgehead atoms. The molecule has 5 aliphatic rings. The number of hydrogen-bond acceptors (Lipinski definition) is 6. The normalized spacial score (nSPS) is 53.5. The molecule has 1 saturated heterocycles. The Hall–Kier alpha value is -0.690. The summed E-state index contributed by atoms with van der Waals surface area (Å²) in [5.74, 6) is 1.01. The summed E-state index contributed by atoms with van der Waals surface area (Å²) < 4.78 is 18.0. The van der Waals surface area contributed by atoms with E-state index in [1.165, 1.54) is 32.6 Å². The molecule has 0 amide bonds. The molecule has 6 nitrogen and oxygen atoms in total. The lowest BCUT2D eigenvalue weighted by atomic mass is 9.42. The van der Waals surface area contributed by atoms with Crippen molar-refractivity contribution < 1.29 is 29.2 Å². The van der Waals surface area contributed by atoms with Crippen molar-refractivity contribution in [1.29, 1.82) is 0 Å². The van der Waals surface area contributed by atoms with Crippen molar-refractivity contribution in [3.8, 4) is 0 Å². The first-order chi connectivity index (χ1) is 17.3. The van der Waals surface area contributed by atoms with Crippen LogP contribution < -0.4 is 0 Å². The summed E-state index contributed by atoms with van der Waals surface area (Å²) in [7, 11) is 1.68. The van der Waals surface area contributed by atoms with E-state index in [9.17, 15) is 15.0 Å². The molecule has 0 aromatic heterocycles. The number of fused-ring (bicyclic) bond motifs is 7. The van der Waals surface area contributed by atoms with Gasteiger partial charge in [0.05, 0.1) is 18.3 Å². The van der Waals surface area contributed by atoms with E-state index >= 15 is 0 Å². The minimum Gasteiger partial charge on any atom is -0.466 e. The Balaban J connectivity index is 1.39. The van der Waals surface area contributed by atoms with Gasteiger partial charge in [0.25, 0.3) is 0 Å². The topological polar surface area (TPSA) is 85.2 Å². The van der Waals surface area contributed by atoms with Gasteiger partial charge in [-0.25, -0.2) is 0 Å². The largest absolute Gasteiger partial charge is 0.466 e. The average Bonchev–Trinajstić information content (AvgIpc) is 3.17. The van der Waals surface area contributed by atoms with Gasteiger partial charge in [0, 0.05) is 38.2 Å². The second-order valence-corrected chi connectivity index (χ2v) is 14.5. The molecule has 5 rings (SSSR count). The van der Waals surface area contributed by atoms with Crippen LogP contribution in [0.15, 0.2) is 0 Å². The van der Waals surface area contributed by atoms with Gasteiger partial charge in [-0.2, -0.15) is 0 Å². The molecule has 1 heterocycles. The first-order valence-corrected chi connectivity index (χ1v) is 15.1. The summed E-state index contributed by atoms with van der Waals surface area (Å²) in [6, 6.07) is 0. The third-order valence-electron chi connectivity index (χ3n) is 12.9. The van der Waals surface area contributed by atoms with Crippen LogP contribution in [-0.2, 0) is 19.0 Å². The summed E-state index contributed by atoms with van der Waals surface area (Å²) >= 11 is 0. The van der Waals surface area contributed by atoms with Crippen molar-refractivity contribution in [2.45, 2.75) is 129 Å². The molecule has 1 aliphatic heterocycles. The molecule has 4 aliphatic carbocycles. The Bertz CT molecular complexity index is 893. The van der Waals surface area contributed by atoms with Crippen molar-refractivity contribution in [2.75, 3.05) is 13.7 Å². The fourth-order valence-corrected chi connectivity index (χ4v) is 10.5. The van der Waals surface area contributed by atoms with E-state index in [-0.39, 0.29) is 23.7 Å². The molecule has 6 heteroatoms. The van der Waals surface area contributed by atoms with Gasteiger partial charge in [-0.15, -0.1) is 0 Å². The van der Waals surface area contributed by atoms with Crippen LogP contribution in [0, 0.1) is 46.3 Å². The maximum Gasteiger partial charge on any atom is 0.302 e. The lowest BCUT2D eigenvalue weighted by Gasteiger charge is -2.64. The Morgan fingerprint density at radius 2 is 1.81 bits per heavy atom. The molecule has 212 valence electrons. The average molecular weight is 521 g/mol. The molecule has 0 aromatic rings. The van der Waals surface area contributed by atoms with Gasteiger partial charge in [-0.1, -0.05) is 41.0 Å². The molecule has 0 aromatic carbocycles. The number of ether oxygens (including phenoxy) is 3. The van der Waals surface area contributed by atoms with Crippen LogP contribution in [0.1, 0.15) is 106 Å². The minimum absolute atomic E-state index is 0.166. The maximum absolute atomic E-state index is 12.7. The fraction of sp³-hybridized carbons (Fsp3) is 0.968. The molecule has 12 unspecified atom stereocenters. The molecular weight excluding hydrogens is 468 g/mol. The van der Waals surface area contributed by atoms with Gasteiger partial charge >= 0.3 is 5.97 Å². The number of methoxy groups -OCH3 is 1. The van der Waals surface area contributed by atoms with Gasteiger partial charge in [0.2, 0.25) is 0 Å². The van der Waals surface area contributed by atoms with E-state index in [0.717, 1.165) is 37.5 Å². The van der Waals surface area contributed by atoms with Gasteiger partial charge in [-0.05, 0) is 80.0 Å². The van der Waals surface area contributed by atoms with E-state index in [2.05, 4.69) is 34.6 Å². The maximum atomic E-state index is 12.7. The number of aliphatic hydroxyl groups is 2. The number of hydrogen-bond donors (Lipinski definition) is 2. The number of esters is 1. The SMILES string of the molecule is COC1(CCC(C)COC(C)=O)OC2CC3(O)C4CCC5CC(C)CCC5(C)C4CCC3(C)C2(O)C1C. The Labute approximate surface area is 224 Å². The summed E-state index contributed by atoms with van der Waals surface area (Å²) in [5.41, 5.74) is -2.42. The molecule has 2 N–H and O–H groups in total. The van der Waals surface area contributed by atoms with Gasteiger partial charge < -0.3 is 24.4 Å². The zero-order valence-corrected chi connectivity index (χ0v) is 24.3. The standard InChI is InChI=1S/C31H52O6/c1-19-10-13-27(5)23(16-19)8-9-25-24(27)12-14-28(6)29(25,33)17-26-31(28,34)21(3)30(35-7,37-26)15-11-20(2)18-36-22(4)32/h19-21,23-26,33-34H,8-18H2,1-7H3. The number of rotatable bonds is 6. The molecule has 4 saturated carbocycles.